The molecular weight excluding hydrogens is 825 g/mol. The zero-order valence-corrected chi connectivity index (χ0v) is 36.8. The maximum absolute atomic E-state index is 13.2. The van der Waals surface area contributed by atoms with Crippen LogP contribution >= 0.6 is 0 Å². The SMILES string of the molecule is CCOc1cc2c(cc1OC)C(c1cnc(OC)nc1)=N[C@@H]1CC[C@@H](OC(=O)CCC(=O)C(=O)O[C@@H]3CC[C@H]4N=C(c5cnc(OC)nc5)c5cc(OC)c(OCC)cc5[C@H]4C3)C[C@H]21. The number of carbonyl (C=O) groups excluding carboxylic acids is 3. The quantitative estimate of drug-likeness (QED) is 0.0944. The number of fused-ring (bicyclic) bond motifs is 6. The minimum absolute atomic E-state index is 0.0843. The van der Waals surface area contributed by atoms with Crippen molar-refractivity contribution in [2.45, 2.75) is 101 Å². The van der Waals surface area contributed by atoms with Gasteiger partial charge in [0.1, 0.15) is 12.2 Å². The third kappa shape index (κ3) is 9.06. The van der Waals surface area contributed by atoms with E-state index in [-0.39, 0.29) is 48.8 Å². The van der Waals surface area contributed by atoms with Gasteiger partial charge in [-0.3, -0.25) is 19.6 Å². The minimum atomic E-state index is -0.965. The van der Waals surface area contributed by atoms with Crippen LogP contribution in [0.2, 0.25) is 0 Å². The summed E-state index contributed by atoms with van der Waals surface area (Å²) in [5.41, 5.74) is 6.54. The van der Waals surface area contributed by atoms with E-state index in [1.54, 1.807) is 39.0 Å². The van der Waals surface area contributed by atoms with Crippen molar-refractivity contribution in [3.05, 3.63) is 82.4 Å². The molecular formula is C47H52N6O11. The molecule has 0 unspecified atom stereocenters. The highest BCUT2D eigenvalue weighted by molar-refractivity contribution is 6.33. The highest BCUT2D eigenvalue weighted by Crippen LogP contribution is 2.47. The van der Waals surface area contributed by atoms with Gasteiger partial charge in [0.2, 0.25) is 5.78 Å². The Kier molecular flexibility index (Phi) is 13.3. The zero-order chi connectivity index (χ0) is 44.9. The number of rotatable bonds is 16. The Hall–Kier alpha value is -6.65. The molecule has 4 aliphatic rings. The molecule has 0 bridgehead atoms. The van der Waals surface area contributed by atoms with Crippen LogP contribution in [0.25, 0.3) is 0 Å². The second-order valence-electron chi connectivity index (χ2n) is 16.0. The predicted molar refractivity (Wildman–Crippen MR) is 232 cm³/mol. The molecule has 2 aliphatic heterocycles. The van der Waals surface area contributed by atoms with Gasteiger partial charge in [-0.2, -0.15) is 0 Å². The number of carbonyl (C=O) groups is 3. The lowest BCUT2D eigenvalue weighted by molar-refractivity contribution is -0.160. The fourth-order valence-electron chi connectivity index (χ4n) is 9.25. The number of ketones is 1. The van der Waals surface area contributed by atoms with Gasteiger partial charge in [-0.15, -0.1) is 0 Å². The zero-order valence-electron chi connectivity index (χ0n) is 36.8. The molecule has 0 spiro atoms. The van der Waals surface area contributed by atoms with Crippen LogP contribution in [0.1, 0.15) is 110 Å². The number of ether oxygens (including phenoxy) is 8. The van der Waals surface area contributed by atoms with Crippen LogP contribution in [0.15, 0.2) is 59.0 Å². The van der Waals surface area contributed by atoms with E-state index >= 15 is 0 Å². The molecule has 2 fully saturated rings. The van der Waals surface area contributed by atoms with Crippen molar-refractivity contribution in [3.63, 3.8) is 0 Å². The van der Waals surface area contributed by atoms with Crippen LogP contribution in [0, 0.1) is 0 Å². The Morgan fingerprint density at radius 1 is 0.562 bits per heavy atom. The molecule has 0 N–H and O–H groups in total. The van der Waals surface area contributed by atoms with Gasteiger partial charge in [0.05, 0.1) is 71.6 Å². The van der Waals surface area contributed by atoms with E-state index < -0.39 is 29.9 Å². The van der Waals surface area contributed by atoms with Gasteiger partial charge >= 0.3 is 24.0 Å². The van der Waals surface area contributed by atoms with Crippen molar-refractivity contribution in [1.82, 2.24) is 19.9 Å². The summed E-state index contributed by atoms with van der Waals surface area (Å²) < 4.78 is 45.4. The monoisotopic (exact) mass is 876 g/mol. The number of methoxy groups -OCH3 is 4. The Morgan fingerprint density at radius 3 is 1.44 bits per heavy atom. The van der Waals surface area contributed by atoms with E-state index in [1.807, 2.05) is 38.1 Å². The third-order valence-electron chi connectivity index (χ3n) is 12.2. The van der Waals surface area contributed by atoms with Crippen molar-refractivity contribution >= 4 is 29.1 Å². The Bertz CT molecular complexity index is 2440. The largest absolute Gasteiger partial charge is 0.493 e. The van der Waals surface area contributed by atoms with Crippen LogP contribution < -0.4 is 28.4 Å². The minimum Gasteiger partial charge on any atom is -0.493 e. The molecule has 6 atom stereocenters. The third-order valence-corrected chi connectivity index (χ3v) is 12.2. The Morgan fingerprint density at radius 2 is 1.02 bits per heavy atom. The van der Waals surface area contributed by atoms with Crippen LogP contribution in [0.5, 0.6) is 35.0 Å². The summed E-state index contributed by atoms with van der Waals surface area (Å²) in [6.45, 7) is 4.70. The Labute approximate surface area is 370 Å². The molecule has 8 rings (SSSR count). The lowest BCUT2D eigenvalue weighted by Gasteiger charge is -2.38. The number of Topliss-reactive ketones (excluding diaryl/α,β-unsaturated/α-hetero) is 1. The topological polar surface area (TPSA) is 201 Å². The first kappa shape index (κ1) is 44.0. The number of aromatic nitrogens is 4. The molecule has 4 heterocycles. The molecule has 0 amide bonds. The summed E-state index contributed by atoms with van der Waals surface area (Å²) in [6, 6.07) is 8.04. The lowest BCUT2D eigenvalue weighted by Crippen LogP contribution is -2.37. The molecule has 2 aromatic heterocycles. The van der Waals surface area contributed by atoms with E-state index in [2.05, 4.69) is 19.9 Å². The van der Waals surface area contributed by atoms with Gasteiger partial charge in [0, 0.05) is 65.3 Å². The molecule has 0 radical (unpaired) electrons. The van der Waals surface area contributed by atoms with Crippen molar-refractivity contribution < 1.29 is 52.3 Å². The molecule has 2 aliphatic carbocycles. The molecule has 336 valence electrons. The predicted octanol–water partition coefficient (Wildman–Crippen LogP) is 5.95. The number of aliphatic imine (C=N–C) groups is 2. The molecule has 64 heavy (non-hydrogen) atoms. The second kappa shape index (κ2) is 19.4. The smallest absolute Gasteiger partial charge is 0.374 e. The molecule has 17 heteroatoms. The van der Waals surface area contributed by atoms with Gasteiger partial charge in [-0.25, -0.2) is 24.7 Å². The van der Waals surface area contributed by atoms with Crippen molar-refractivity contribution in [2.24, 2.45) is 9.98 Å². The molecule has 4 aromatic rings. The van der Waals surface area contributed by atoms with Gasteiger partial charge < -0.3 is 37.9 Å². The van der Waals surface area contributed by atoms with E-state index in [4.69, 9.17) is 47.9 Å². The van der Waals surface area contributed by atoms with Crippen molar-refractivity contribution in [3.8, 4) is 35.0 Å². The first-order valence-electron chi connectivity index (χ1n) is 21.7. The number of benzene rings is 2. The van der Waals surface area contributed by atoms with E-state index in [0.717, 1.165) is 39.1 Å². The van der Waals surface area contributed by atoms with E-state index in [0.29, 0.717) is 80.4 Å². The summed E-state index contributed by atoms with van der Waals surface area (Å²) in [4.78, 5) is 67.2. The number of esters is 2. The number of nitrogens with zero attached hydrogens (tertiary/aromatic N) is 6. The lowest BCUT2D eigenvalue weighted by atomic mass is 9.74. The number of hydrogen-bond donors (Lipinski definition) is 0. The highest BCUT2D eigenvalue weighted by Gasteiger charge is 2.41. The molecule has 2 saturated carbocycles. The Balaban J connectivity index is 0.902. The van der Waals surface area contributed by atoms with Crippen LogP contribution in [-0.2, 0) is 23.9 Å². The maximum atomic E-state index is 13.2. The summed E-state index contributed by atoms with van der Waals surface area (Å²) in [5.74, 6) is -0.200. The van der Waals surface area contributed by atoms with E-state index in [1.165, 1.54) is 14.2 Å². The van der Waals surface area contributed by atoms with Gasteiger partial charge in [-0.1, -0.05) is 0 Å². The molecule has 0 saturated heterocycles. The van der Waals surface area contributed by atoms with Gasteiger partial charge in [0.25, 0.3) is 0 Å². The van der Waals surface area contributed by atoms with Gasteiger partial charge in [0.15, 0.2) is 23.0 Å². The highest BCUT2D eigenvalue weighted by atomic mass is 16.6. The normalized spacial score (nSPS) is 21.8. The fourth-order valence-corrected chi connectivity index (χ4v) is 9.25. The molecule has 17 nitrogen and oxygen atoms in total. The number of hydrogen-bond acceptors (Lipinski definition) is 17. The average molecular weight is 877 g/mol. The first-order valence-corrected chi connectivity index (χ1v) is 21.7. The van der Waals surface area contributed by atoms with Crippen molar-refractivity contribution in [1.29, 1.82) is 0 Å². The summed E-state index contributed by atoms with van der Waals surface area (Å²) in [6.07, 6.45) is 8.49. The van der Waals surface area contributed by atoms with Crippen LogP contribution in [0.4, 0.5) is 0 Å². The second-order valence-corrected chi connectivity index (χ2v) is 16.0. The molecule has 2 aromatic carbocycles. The summed E-state index contributed by atoms with van der Waals surface area (Å²) in [5, 5.41) is 0. The fraction of sp³-hybridized carbons (Fsp3) is 0.468. The first-order chi connectivity index (χ1) is 31.1. The average Bonchev–Trinajstić information content (AvgIpc) is 3.32. The standard InChI is InChI=1S/C47H52N6O11/c1-7-61-40-17-29-31-15-27(9-11-35(31)52-43(33(29)19-38(40)57-3)25-21-48-46(59-5)49-22-25)63-42(55)14-13-37(54)45(56)64-28-10-12-36-32(16-28)30-18-41(62-8-2)39(58-4)20-34(30)44(53-36)26-23-50-47(60-6)51-24-26/h17-24,27-28,31-32,35-36H,7-16H2,1-6H3/t27-,28-,31-,32-,35-,36-/m1/s1. The summed E-state index contributed by atoms with van der Waals surface area (Å²) >= 11 is 0. The van der Waals surface area contributed by atoms with E-state index in [9.17, 15) is 14.4 Å². The van der Waals surface area contributed by atoms with Crippen LogP contribution in [-0.4, -0.2) is 115 Å². The van der Waals surface area contributed by atoms with Gasteiger partial charge in [-0.05, 0) is 87.8 Å². The van der Waals surface area contributed by atoms with Crippen molar-refractivity contribution in [2.75, 3.05) is 41.7 Å². The maximum Gasteiger partial charge on any atom is 0.374 e. The van der Waals surface area contributed by atoms with Crippen LogP contribution in [0.3, 0.4) is 0 Å². The summed E-state index contributed by atoms with van der Waals surface area (Å²) in [7, 11) is 6.19.